The van der Waals surface area contributed by atoms with E-state index in [4.69, 9.17) is 20.9 Å². The molecule has 0 aliphatic carbocycles. The Hall–Kier alpha value is -1.54. The maximum absolute atomic E-state index is 11.6. The normalized spacial score (nSPS) is 20.2. The molecule has 6 N–H and O–H groups in total. The molecule has 2 amide bonds. The molecule has 0 rings (SSSR count). The van der Waals surface area contributed by atoms with E-state index in [1.165, 1.54) is 13.8 Å². The number of carbonyl (C=O) groups excluding carboxylic acids is 2. The van der Waals surface area contributed by atoms with Crippen LogP contribution in [0, 0.1) is 10.8 Å². The number of carbonyl (C=O) groups is 2. The van der Waals surface area contributed by atoms with Crippen LogP contribution in [0.5, 0.6) is 0 Å². The van der Waals surface area contributed by atoms with Crippen LogP contribution in [-0.4, -0.2) is 45.8 Å². The van der Waals surface area contributed by atoms with Gasteiger partial charge in [-0.1, -0.05) is 41.5 Å². The molecular weight excluding hydrogens is 316 g/mol. The van der Waals surface area contributed by atoms with Gasteiger partial charge in [-0.2, -0.15) is 0 Å². The zero-order chi connectivity index (χ0) is 19.7. The molecule has 0 aromatic carbocycles. The lowest BCUT2D eigenvalue weighted by Crippen LogP contribution is -2.74. The second-order valence-electron chi connectivity index (χ2n) is 8.31. The van der Waals surface area contributed by atoms with Gasteiger partial charge in [-0.05, 0) is 19.3 Å². The lowest BCUT2D eigenvalue weighted by molar-refractivity contribution is -0.284. The molecule has 0 aromatic rings. The van der Waals surface area contributed by atoms with Crippen LogP contribution < -0.4 is 11.5 Å². The van der Waals surface area contributed by atoms with E-state index >= 15 is 0 Å². The Morgan fingerprint density at radius 1 is 0.917 bits per heavy atom. The van der Waals surface area contributed by atoms with E-state index in [0.29, 0.717) is 0 Å². The standard InChI is InChI=1S/C16H32N2O6/c1-9(23-11(17)20)10(19)16(22,14(5,6)7)15(8,13(2,3)4)24-12(18)21/h9-10,19,22H,1-8H3,(H2,17,20)(H2,18,21). The Balaban J connectivity index is 6.41. The summed E-state index contributed by atoms with van der Waals surface area (Å²) in [7, 11) is 0. The minimum atomic E-state index is -2.03. The van der Waals surface area contributed by atoms with Crippen LogP contribution in [0.1, 0.15) is 55.4 Å². The molecule has 0 fully saturated rings. The van der Waals surface area contributed by atoms with Crippen molar-refractivity contribution in [3.63, 3.8) is 0 Å². The van der Waals surface area contributed by atoms with E-state index in [9.17, 15) is 19.8 Å². The molecule has 24 heavy (non-hydrogen) atoms. The Kier molecular flexibility index (Phi) is 6.32. The fourth-order valence-corrected chi connectivity index (χ4v) is 3.03. The monoisotopic (exact) mass is 348 g/mol. The van der Waals surface area contributed by atoms with E-state index < -0.39 is 46.4 Å². The van der Waals surface area contributed by atoms with E-state index in [2.05, 4.69) is 0 Å². The highest BCUT2D eigenvalue weighted by Crippen LogP contribution is 2.52. The van der Waals surface area contributed by atoms with Crippen LogP contribution in [0.25, 0.3) is 0 Å². The van der Waals surface area contributed by atoms with Crippen molar-refractivity contribution in [2.24, 2.45) is 22.3 Å². The molecule has 0 radical (unpaired) electrons. The van der Waals surface area contributed by atoms with Crippen molar-refractivity contribution < 1.29 is 29.3 Å². The van der Waals surface area contributed by atoms with Crippen LogP contribution in [0.2, 0.25) is 0 Å². The molecule has 0 saturated heterocycles. The number of rotatable bonds is 5. The molecular formula is C16H32N2O6. The summed E-state index contributed by atoms with van der Waals surface area (Å²) in [5, 5.41) is 22.4. The molecule has 0 bridgehead atoms. The Labute approximate surface area is 143 Å². The van der Waals surface area contributed by atoms with Gasteiger partial charge in [0.25, 0.3) is 0 Å². The highest BCUT2D eigenvalue weighted by Gasteiger charge is 2.66. The zero-order valence-corrected chi connectivity index (χ0v) is 15.8. The van der Waals surface area contributed by atoms with Crippen LogP contribution in [0.3, 0.4) is 0 Å². The molecule has 142 valence electrons. The summed E-state index contributed by atoms with van der Waals surface area (Å²) in [6, 6.07) is 0. The van der Waals surface area contributed by atoms with E-state index in [1.807, 2.05) is 0 Å². The van der Waals surface area contributed by atoms with Gasteiger partial charge < -0.3 is 31.2 Å². The average Bonchev–Trinajstić information content (AvgIpc) is 2.31. The van der Waals surface area contributed by atoms with E-state index in [0.717, 1.165) is 0 Å². The number of nitrogens with two attached hydrogens (primary N) is 2. The van der Waals surface area contributed by atoms with Gasteiger partial charge in [0.1, 0.15) is 23.4 Å². The third-order valence-corrected chi connectivity index (χ3v) is 4.78. The molecule has 0 saturated carbocycles. The van der Waals surface area contributed by atoms with Gasteiger partial charge in [-0.25, -0.2) is 9.59 Å². The van der Waals surface area contributed by atoms with Crippen molar-refractivity contribution in [3.8, 4) is 0 Å². The molecule has 0 heterocycles. The van der Waals surface area contributed by atoms with Gasteiger partial charge >= 0.3 is 12.2 Å². The molecule has 0 aromatic heterocycles. The maximum atomic E-state index is 11.6. The summed E-state index contributed by atoms with van der Waals surface area (Å²) in [5.74, 6) is 0. The molecule has 4 atom stereocenters. The highest BCUT2D eigenvalue weighted by molar-refractivity contribution is 5.66. The zero-order valence-electron chi connectivity index (χ0n) is 15.8. The first kappa shape index (κ1) is 22.5. The fourth-order valence-electron chi connectivity index (χ4n) is 3.03. The molecule has 8 nitrogen and oxygen atoms in total. The number of ether oxygens (including phenoxy) is 2. The van der Waals surface area contributed by atoms with Crippen molar-refractivity contribution in [1.29, 1.82) is 0 Å². The Morgan fingerprint density at radius 3 is 1.58 bits per heavy atom. The minimum absolute atomic E-state index is 0.822. The van der Waals surface area contributed by atoms with Gasteiger partial charge in [-0.3, -0.25) is 0 Å². The Morgan fingerprint density at radius 2 is 1.33 bits per heavy atom. The Bertz CT molecular complexity index is 482. The van der Waals surface area contributed by atoms with Crippen molar-refractivity contribution in [2.75, 3.05) is 0 Å². The first-order chi connectivity index (χ1) is 10.4. The van der Waals surface area contributed by atoms with Gasteiger partial charge in [0.15, 0.2) is 0 Å². The summed E-state index contributed by atoms with van der Waals surface area (Å²) in [6.07, 6.45) is -4.93. The molecule has 0 spiro atoms. The second-order valence-corrected chi connectivity index (χ2v) is 8.31. The second kappa shape index (κ2) is 6.76. The molecule has 0 aliphatic rings. The van der Waals surface area contributed by atoms with Gasteiger partial charge in [0.05, 0.1) is 0 Å². The van der Waals surface area contributed by atoms with Gasteiger partial charge in [0, 0.05) is 5.41 Å². The lowest BCUT2D eigenvalue weighted by atomic mass is 9.55. The number of hydrogen-bond acceptors (Lipinski definition) is 6. The maximum Gasteiger partial charge on any atom is 0.405 e. The molecule has 8 heteroatoms. The number of amides is 2. The van der Waals surface area contributed by atoms with Gasteiger partial charge in [0.2, 0.25) is 0 Å². The quantitative estimate of drug-likeness (QED) is 0.592. The predicted molar refractivity (Wildman–Crippen MR) is 89.1 cm³/mol. The number of primary amides is 2. The number of hydrogen-bond donors (Lipinski definition) is 4. The highest BCUT2D eigenvalue weighted by atomic mass is 16.6. The van der Waals surface area contributed by atoms with Crippen molar-refractivity contribution in [2.45, 2.75) is 78.8 Å². The average molecular weight is 348 g/mol. The minimum Gasteiger partial charge on any atom is -0.444 e. The van der Waals surface area contributed by atoms with Gasteiger partial charge in [-0.15, -0.1) is 0 Å². The summed E-state index contributed by atoms with van der Waals surface area (Å²) in [6.45, 7) is 13.1. The summed E-state index contributed by atoms with van der Waals surface area (Å²) < 4.78 is 10.2. The smallest absolute Gasteiger partial charge is 0.405 e. The number of aliphatic hydroxyl groups is 2. The van der Waals surface area contributed by atoms with Crippen LogP contribution in [-0.2, 0) is 9.47 Å². The SMILES string of the molecule is CC(OC(N)=O)C(O)C(O)(C(C)(C)C)C(C)(OC(N)=O)C(C)(C)C. The molecule has 0 aliphatic heterocycles. The largest absolute Gasteiger partial charge is 0.444 e. The van der Waals surface area contributed by atoms with E-state index in [1.54, 1.807) is 41.5 Å². The summed E-state index contributed by atoms with van der Waals surface area (Å²) in [5.41, 5.74) is 4.77. The fraction of sp³-hybridized carbons (Fsp3) is 0.875. The van der Waals surface area contributed by atoms with Crippen molar-refractivity contribution in [1.82, 2.24) is 0 Å². The molecule has 4 unspecified atom stereocenters. The third-order valence-electron chi connectivity index (χ3n) is 4.78. The van der Waals surface area contributed by atoms with Crippen molar-refractivity contribution >= 4 is 12.2 Å². The first-order valence-corrected chi connectivity index (χ1v) is 7.76. The summed E-state index contributed by atoms with van der Waals surface area (Å²) >= 11 is 0. The topological polar surface area (TPSA) is 145 Å². The lowest BCUT2D eigenvalue weighted by Gasteiger charge is -2.58. The third kappa shape index (κ3) is 3.92. The first-order valence-electron chi connectivity index (χ1n) is 7.76. The van der Waals surface area contributed by atoms with Crippen LogP contribution in [0.15, 0.2) is 0 Å². The van der Waals surface area contributed by atoms with Crippen LogP contribution >= 0.6 is 0 Å². The van der Waals surface area contributed by atoms with Crippen LogP contribution in [0.4, 0.5) is 9.59 Å². The van der Waals surface area contributed by atoms with Crippen molar-refractivity contribution in [3.05, 3.63) is 0 Å². The predicted octanol–water partition coefficient (Wildman–Crippen LogP) is 1.51. The summed E-state index contributed by atoms with van der Waals surface area (Å²) in [4.78, 5) is 22.5. The number of aliphatic hydroxyl groups excluding tert-OH is 1. The van der Waals surface area contributed by atoms with E-state index in [-0.39, 0.29) is 0 Å².